The summed E-state index contributed by atoms with van der Waals surface area (Å²) < 4.78 is 13.5. The number of aromatic nitrogens is 2. The number of hydrogen-bond acceptors (Lipinski definition) is 4. The summed E-state index contributed by atoms with van der Waals surface area (Å²) in [6, 6.07) is 26.8. The molecule has 2 heterocycles. The number of anilines is 1. The van der Waals surface area contributed by atoms with Crippen molar-refractivity contribution in [3.8, 4) is 11.5 Å². The van der Waals surface area contributed by atoms with Gasteiger partial charge in [-0.05, 0) is 23.3 Å². The minimum Gasteiger partial charge on any atom is -0.486 e. The smallest absolute Gasteiger partial charge is 0.320 e. The van der Waals surface area contributed by atoms with Crippen LogP contribution in [0.2, 0.25) is 0 Å². The summed E-state index contributed by atoms with van der Waals surface area (Å²) in [7, 11) is 0. The Morgan fingerprint density at radius 2 is 1.58 bits per heavy atom. The van der Waals surface area contributed by atoms with Gasteiger partial charge in [-0.3, -0.25) is 4.68 Å². The van der Waals surface area contributed by atoms with Gasteiger partial charge in [-0.15, -0.1) is 0 Å². The highest BCUT2D eigenvalue weighted by molar-refractivity contribution is 5.89. The monoisotopic (exact) mass is 440 g/mol. The van der Waals surface area contributed by atoms with Gasteiger partial charge in [0.1, 0.15) is 6.61 Å². The van der Waals surface area contributed by atoms with Crippen LogP contribution in [0.4, 0.5) is 10.5 Å². The van der Waals surface area contributed by atoms with Crippen molar-refractivity contribution in [3.05, 3.63) is 108 Å². The summed E-state index contributed by atoms with van der Waals surface area (Å²) in [5, 5.41) is 10.3. The number of carbonyl (C=O) groups is 1. The van der Waals surface area contributed by atoms with Crippen LogP contribution in [0.25, 0.3) is 0 Å². The fourth-order valence-electron chi connectivity index (χ4n) is 3.84. The van der Waals surface area contributed by atoms with Crippen LogP contribution >= 0.6 is 0 Å². The topological polar surface area (TPSA) is 77.4 Å². The molecule has 5 rings (SSSR count). The quantitative estimate of drug-likeness (QED) is 0.458. The van der Waals surface area contributed by atoms with Crippen LogP contribution in [0.15, 0.2) is 97.3 Å². The SMILES string of the molecule is O=C(Nc1cnn(CC2COc3ccccc3O2)c1)NC(c1ccccc1)c1ccccc1. The molecule has 0 aliphatic carbocycles. The van der Waals surface area contributed by atoms with E-state index in [1.165, 1.54) is 0 Å². The normalized spacial score (nSPS) is 14.6. The maximum Gasteiger partial charge on any atom is 0.320 e. The van der Waals surface area contributed by atoms with Crippen LogP contribution in [0.5, 0.6) is 11.5 Å². The van der Waals surface area contributed by atoms with Crippen molar-refractivity contribution < 1.29 is 14.3 Å². The Morgan fingerprint density at radius 1 is 0.939 bits per heavy atom. The standard InChI is InChI=1S/C26H24N4O3/c31-26(29-25(19-9-3-1-4-10-19)20-11-5-2-6-12-20)28-21-15-27-30(16-21)17-22-18-32-23-13-7-8-14-24(23)33-22/h1-16,22,25H,17-18H2,(H2,28,29,31). The second kappa shape index (κ2) is 9.48. The van der Waals surface area contributed by atoms with E-state index in [4.69, 9.17) is 9.47 Å². The highest BCUT2D eigenvalue weighted by Gasteiger charge is 2.22. The number of para-hydroxylation sites is 2. The lowest BCUT2D eigenvalue weighted by Crippen LogP contribution is -2.33. The van der Waals surface area contributed by atoms with Crippen LogP contribution < -0.4 is 20.1 Å². The van der Waals surface area contributed by atoms with Crippen molar-refractivity contribution in [2.75, 3.05) is 11.9 Å². The number of nitrogens with zero attached hydrogens (tertiary/aromatic N) is 2. The third-order valence-corrected chi connectivity index (χ3v) is 5.39. The van der Waals surface area contributed by atoms with Gasteiger partial charge >= 0.3 is 6.03 Å². The third kappa shape index (κ3) is 4.98. The molecule has 0 fully saturated rings. The van der Waals surface area contributed by atoms with Gasteiger partial charge in [-0.25, -0.2) is 4.79 Å². The van der Waals surface area contributed by atoms with E-state index < -0.39 is 0 Å². The van der Waals surface area contributed by atoms with E-state index in [2.05, 4.69) is 15.7 Å². The summed E-state index contributed by atoms with van der Waals surface area (Å²) in [5.41, 5.74) is 2.61. The largest absolute Gasteiger partial charge is 0.486 e. The zero-order valence-electron chi connectivity index (χ0n) is 17.9. The number of benzene rings is 3. The van der Waals surface area contributed by atoms with Gasteiger partial charge in [0, 0.05) is 6.20 Å². The number of urea groups is 1. The highest BCUT2D eigenvalue weighted by Crippen LogP contribution is 2.31. The number of hydrogen-bond donors (Lipinski definition) is 2. The molecule has 1 aromatic heterocycles. The van der Waals surface area contributed by atoms with E-state index in [0.29, 0.717) is 18.8 Å². The Bertz CT molecular complexity index is 1170. The summed E-state index contributed by atoms with van der Waals surface area (Å²) in [4.78, 5) is 12.8. The molecule has 0 saturated carbocycles. The number of nitrogens with one attached hydrogen (secondary N) is 2. The van der Waals surface area contributed by atoms with Gasteiger partial charge in [0.2, 0.25) is 0 Å². The maximum atomic E-state index is 12.8. The molecule has 1 aliphatic heterocycles. The molecule has 1 atom stereocenters. The number of carbonyl (C=O) groups excluding carboxylic acids is 1. The fraction of sp³-hybridized carbons (Fsp3) is 0.154. The summed E-state index contributed by atoms with van der Waals surface area (Å²) in [6.45, 7) is 0.949. The zero-order chi connectivity index (χ0) is 22.5. The maximum absolute atomic E-state index is 12.8. The molecule has 0 bridgehead atoms. The first-order chi connectivity index (χ1) is 16.2. The summed E-state index contributed by atoms with van der Waals surface area (Å²) >= 11 is 0. The Labute approximate surface area is 192 Å². The predicted molar refractivity (Wildman–Crippen MR) is 125 cm³/mol. The Balaban J connectivity index is 1.22. The lowest BCUT2D eigenvalue weighted by Gasteiger charge is -2.26. The molecule has 166 valence electrons. The summed E-state index contributed by atoms with van der Waals surface area (Å²) in [5.74, 6) is 1.48. The molecule has 7 nitrogen and oxygen atoms in total. The number of fused-ring (bicyclic) bond motifs is 1. The molecule has 0 spiro atoms. The lowest BCUT2D eigenvalue weighted by molar-refractivity contribution is 0.0759. The molecule has 1 unspecified atom stereocenters. The van der Waals surface area contributed by atoms with Crippen LogP contribution in [-0.2, 0) is 6.54 Å². The van der Waals surface area contributed by atoms with Crippen LogP contribution in [0.3, 0.4) is 0 Å². The second-order valence-electron chi connectivity index (χ2n) is 7.80. The lowest BCUT2D eigenvalue weighted by atomic mass is 9.99. The molecule has 2 N–H and O–H groups in total. The van der Waals surface area contributed by atoms with E-state index in [-0.39, 0.29) is 18.2 Å². The van der Waals surface area contributed by atoms with Crippen LogP contribution in [0, 0.1) is 0 Å². The van der Waals surface area contributed by atoms with Gasteiger partial charge in [0.15, 0.2) is 17.6 Å². The Kier molecular flexibility index (Phi) is 5.93. The molecule has 0 radical (unpaired) electrons. The van der Waals surface area contributed by atoms with Gasteiger partial charge in [0.05, 0.1) is 24.5 Å². The van der Waals surface area contributed by atoms with Crippen LogP contribution in [0.1, 0.15) is 17.2 Å². The predicted octanol–water partition coefficient (Wildman–Crippen LogP) is 4.63. The molecule has 3 aromatic carbocycles. The van der Waals surface area contributed by atoms with Gasteiger partial charge < -0.3 is 20.1 Å². The molecule has 7 heteroatoms. The first-order valence-electron chi connectivity index (χ1n) is 10.8. The van der Waals surface area contributed by atoms with E-state index in [1.54, 1.807) is 17.1 Å². The van der Waals surface area contributed by atoms with Crippen molar-refractivity contribution >= 4 is 11.7 Å². The van der Waals surface area contributed by atoms with Gasteiger partial charge in [0.25, 0.3) is 0 Å². The average Bonchev–Trinajstić information content (AvgIpc) is 3.30. The summed E-state index contributed by atoms with van der Waals surface area (Å²) in [6.07, 6.45) is 3.24. The van der Waals surface area contributed by atoms with Crippen molar-refractivity contribution in [3.63, 3.8) is 0 Å². The number of rotatable bonds is 6. The first-order valence-corrected chi connectivity index (χ1v) is 10.8. The molecular formula is C26H24N4O3. The third-order valence-electron chi connectivity index (χ3n) is 5.39. The first kappa shape index (κ1) is 20.6. The molecule has 4 aromatic rings. The Hall–Kier alpha value is -4.26. The minimum absolute atomic E-state index is 0.165. The van der Waals surface area contributed by atoms with Crippen LogP contribution in [-0.4, -0.2) is 28.5 Å². The molecule has 33 heavy (non-hydrogen) atoms. The second-order valence-corrected chi connectivity index (χ2v) is 7.80. The fourth-order valence-corrected chi connectivity index (χ4v) is 3.84. The number of ether oxygens (including phenoxy) is 2. The molecular weight excluding hydrogens is 416 g/mol. The molecule has 0 saturated heterocycles. The van der Waals surface area contributed by atoms with Crippen molar-refractivity contribution in [2.24, 2.45) is 0 Å². The van der Waals surface area contributed by atoms with Crippen molar-refractivity contribution in [1.82, 2.24) is 15.1 Å². The molecule has 1 aliphatic rings. The van der Waals surface area contributed by atoms with Crippen molar-refractivity contribution in [1.29, 1.82) is 0 Å². The van der Waals surface area contributed by atoms with E-state index in [0.717, 1.165) is 22.6 Å². The minimum atomic E-state index is -0.307. The van der Waals surface area contributed by atoms with Crippen molar-refractivity contribution in [2.45, 2.75) is 18.7 Å². The number of amides is 2. The average molecular weight is 441 g/mol. The molecule has 2 amide bonds. The van der Waals surface area contributed by atoms with E-state index >= 15 is 0 Å². The zero-order valence-corrected chi connectivity index (χ0v) is 17.9. The highest BCUT2D eigenvalue weighted by atomic mass is 16.6. The Morgan fingerprint density at radius 3 is 2.27 bits per heavy atom. The van der Waals surface area contributed by atoms with E-state index in [1.807, 2.05) is 84.9 Å². The van der Waals surface area contributed by atoms with E-state index in [9.17, 15) is 4.79 Å². The van der Waals surface area contributed by atoms with Gasteiger partial charge in [-0.2, -0.15) is 5.10 Å². The van der Waals surface area contributed by atoms with Gasteiger partial charge in [-0.1, -0.05) is 72.8 Å².